The third-order valence-electron chi connectivity index (χ3n) is 2.06. The second-order valence-corrected chi connectivity index (χ2v) is 2.99. The number of hydrogen-bond acceptors (Lipinski definition) is 4. The van der Waals surface area contributed by atoms with Crippen LogP contribution in [0, 0.1) is 0 Å². The van der Waals surface area contributed by atoms with E-state index in [1.807, 2.05) is 0 Å². The van der Waals surface area contributed by atoms with Gasteiger partial charge in [-0.1, -0.05) is 0 Å². The van der Waals surface area contributed by atoms with Crippen LogP contribution in [0.5, 0.6) is 0 Å². The number of aliphatic carboxylic acids is 1. The highest BCUT2D eigenvalue weighted by Gasteiger charge is 2.38. The largest absolute Gasteiger partial charge is 0.480 e. The van der Waals surface area contributed by atoms with Gasteiger partial charge in [0, 0.05) is 13.0 Å². The molecule has 1 heterocycles. The van der Waals surface area contributed by atoms with E-state index < -0.39 is 24.0 Å². The molecule has 1 aliphatic heterocycles. The minimum Gasteiger partial charge on any atom is -0.480 e. The number of carbonyl (C=O) groups excluding carboxylic acids is 1. The van der Waals surface area contributed by atoms with Gasteiger partial charge in [0.1, 0.15) is 6.04 Å². The number of β-amino-alcohol motifs (C(OH)–C–C–N with tert-alkyl or cyclic N) is 1. The maximum absolute atomic E-state index is 11.1. The highest BCUT2D eigenvalue weighted by atomic mass is 16.4. The number of amides is 1. The molecule has 4 N–H and O–H groups in total. The van der Waals surface area contributed by atoms with Gasteiger partial charge in [0.05, 0.1) is 12.6 Å². The molecule has 13 heavy (non-hydrogen) atoms. The lowest BCUT2D eigenvalue weighted by molar-refractivity contribution is -0.147. The van der Waals surface area contributed by atoms with E-state index in [1.165, 1.54) is 0 Å². The summed E-state index contributed by atoms with van der Waals surface area (Å²) in [5.74, 6) is -1.54. The van der Waals surface area contributed by atoms with Crippen molar-refractivity contribution in [1.29, 1.82) is 0 Å². The zero-order valence-electron chi connectivity index (χ0n) is 7.01. The molecule has 0 unspecified atom stereocenters. The first-order valence-electron chi connectivity index (χ1n) is 3.96. The Morgan fingerprint density at radius 3 is 2.62 bits per heavy atom. The van der Waals surface area contributed by atoms with Crippen molar-refractivity contribution in [3.05, 3.63) is 0 Å². The Labute approximate surface area is 74.9 Å². The molecule has 1 saturated heterocycles. The lowest BCUT2D eigenvalue weighted by Gasteiger charge is -2.19. The molecule has 6 heteroatoms. The number of carboxylic acids is 1. The van der Waals surface area contributed by atoms with E-state index in [2.05, 4.69) is 0 Å². The number of nitrogens with zero attached hydrogens (tertiary/aromatic N) is 1. The molecule has 0 bridgehead atoms. The molecular weight excluding hydrogens is 176 g/mol. The van der Waals surface area contributed by atoms with Gasteiger partial charge in [0.15, 0.2) is 0 Å². The average Bonchev–Trinajstić information content (AvgIpc) is 2.46. The highest BCUT2D eigenvalue weighted by Crippen LogP contribution is 2.17. The van der Waals surface area contributed by atoms with Crippen molar-refractivity contribution in [3.63, 3.8) is 0 Å². The SMILES string of the molecule is NCC(=O)N1C[C@H](O)C[C@H]1C(=O)O. The predicted octanol–water partition coefficient (Wildman–Crippen LogP) is -2.01. The third kappa shape index (κ3) is 1.96. The van der Waals surface area contributed by atoms with Crippen LogP contribution in [0.15, 0.2) is 0 Å². The Kier molecular flexibility index (Phi) is 2.84. The first kappa shape index (κ1) is 9.94. The summed E-state index contributed by atoms with van der Waals surface area (Å²) in [5.41, 5.74) is 5.09. The van der Waals surface area contributed by atoms with Crippen LogP contribution in [0.25, 0.3) is 0 Å². The van der Waals surface area contributed by atoms with Gasteiger partial charge in [0.2, 0.25) is 5.91 Å². The fourth-order valence-corrected chi connectivity index (χ4v) is 1.44. The Morgan fingerprint density at radius 2 is 2.15 bits per heavy atom. The zero-order valence-corrected chi connectivity index (χ0v) is 7.01. The summed E-state index contributed by atoms with van der Waals surface area (Å²) < 4.78 is 0. The maximum atomic E-state index is 11.1. The Morgan fingerprint density at radius 1 is 1.54 bits per heavy atom. The lowest BCUT2D eigenvalue weighted by Crippen LogP contribution is -2.43. The quantitative estimate of drug-likeness (QED) is 0.464. The molecule has 1 aliphatic rings. The van der Waals surface area contributed by atoms with Gasteiger partial charge in [-0.3, -0.25) is 4.79 Å². The third-order valence-corrected chi connectivity index (χ3v) is 2.06. The molecule has 1 fully saturated rings. The number of aliphatic hydroxyl groups excluding tert-OH is 1. The summed E-state index contributed by atoms with van der Waals surface area (Å²) in [4.78, 5) is 22.8. The minimum absolute atomic E-state index is 0.0625. The molecule has 0 spiro atoms. The average molecular weight is 188 g/mol. The van der Waals surface area contributed by atoms with Crippen LogP contribution < -0.4 is 5.73 Å². The summed E-state index contributed by atoms with van der Waals surface area (Å²) in [7, 11) is 0. The Bertz CT molecular complexity index is 231. The number of carboxylic acid groups (broad SMARTS) is 1. The van der Waals surface area contributed by atoms with Crippen molar-refractivity contribution in [3.8, 4) is 0 Å². The van der Waals surface area contributed by atoms with Gasteiger partial charge in [-0.25, -0.2) is 4.79 Å². The number of likely N-dealkylation sites (tertiary alicyclic amines) is 1. The van der Waals surface area contributed by atoms with Gasteiger partial charge >= 0.3 is 5.97 Å². The van der Waals surface area contributed by atoms with Crippen molar-refractivity contribution in [2.45, 2.75) is 18.6 Å². The number of carbonyl (C=O) groups is 2. The van der Waals surface area contributed by atoms with Crippen LogP contribution in [-0.4, -0.2) is 52.2 Å². The number of nitrogens with two attached hydrogens (primary N) is 1. The van der Waals surface area contributed by atoms with Gasteiger partial charge in [-0.2, -0.15) is 0 Å². The number of aliphatic hydroxyl groups is 1. The van der Waals surface area contributed by atoms with Crippen molar-refractivity contribution in [2.75, 3.05) is 13.1 Å². The van der Waals surface area contributed by atoms with Crippen LogP contribution in [0.2, 0.25) is 0 Å². The van der Waals surface area contributed by atoms with E-state index >= 15 is 0 Å². The van der Waals surface area contributed by atoms with E-state index in [4.69, 9.17) is 15.9 Å². The molecule has 0 aromatic rings. The van der Waals surface area contributed by atoms with Gasteiger partial charge < -0.3 is 20.8 Å². The van der Waals surface area contributed by atoms with E-state index in [-0.39, 0.29) is 19.5 Å². The standard InChI is InChI=1S/C7H12N2O4/c8-2-6(11)9-3-4(10)1-5(9)7(12)13/h4-5,10H,1-3,8H2,(H,12,13)/t4-,5+/m1/s1. The summed E-state index contributed by atoms with van der Waals surface area (Å²) in [6.45, 7) is -0.163. The summed E-state index contributed by atoms with van der Waals surface area (Å²) in [6, 6.07) is -0.925. The van der Waals surface area contributed by atoms with Crippen LogP contribution in [0.1, 0.15) is 6.42 Å². The molecule has 1 rings (SSSR count). The smallest absolute Gasteiger partial charge is 0.326 e. The highest BCUT2D eigenvalue weighted by molar-refractivity contribution is 5.85. The van der Waals surface area contributed by atoms with Crippen LogP contribution in [-0.2, 0) is 9.59 Å². The number of hydrogen-bond donors (Lipinski definition) is 3. The Hall–Kier alpha value is -1.14. The second kappa shape index (κ2) is 3.71. The molecular formula is C7H12N2O4. The van der Waals surface area contributed by atoms with Crippen LogP contribution in [0.3, 0.4) is 0 Å². The summed E-state index contributed by atoms with van der Waals surface area (Å²) >= 11 is 0. The minimum atomic E-state index is -1.10. The van der Waals surface area contributed by atoms with Crippen molar-refractivity contribution in [2.24, 2.45) is 5.73 Å². The topological polar surface area (TPSA) is 104 Å². The van der Waals surface area contributed by atoms with Crippen LogP contribution >= 0.6 is 0 Å². The molecule has 2 atom stereocenters. The van der Waals surface area contributed by atoms with Crippen LogP contribution in [0.4, 0.5) is 0 Å². The molecule has 0 radical (unpaired) electrons. The normalized spacial score (nSPS) is 27.7. The van der Waals surface area contributed by atoms with Crippen molar-refractivity contribution < 1.29 is 19.8 Å². The summed E-state index contributed by atoms with van der Waals surface area (Å²) in [6.07, 6.45) is -0.669. The molecule has 0 aliphatic carbocycles. The molecule has 0 saturated carbocycles. The first-order valence-corrected chi connectivity index (χ1v) is 3.96. The van der Waals surface area contributed by atoms with Gasteiger partial charge in [0.25, 0.3) is 0 Å². The number of rotatable bonds is 2. The second-order valence-electron chi connectivity index (χ2n) is 2.99. The van der Waals surface area contributed by atoms with Gasteiger partial charge in [-0.15, -0.1) is 0 Å². The van der Waals surface area contributed by atoms with Gasteiger partial charge in [-0.05, 0) is 0 Å². The molecule has 74 valence electrons. The summed E-state index contributed by atoms with van der Waals surface area (Å²) in [5, 5.41) is 17.9. The van der Waals surface area contributed by atoms with E-state index in [0.29, 0.717) is 0 Å². The van der Waals surface area contributed by atoms with Crippen molar-refractivity contribution >= 4 is 11.9 Å². The predicted molar refractivity (Wildman–Crippen MR) is 42.8 cm³/mol. The molecule has 1 amide bonds. The fourth-order valence-electron chi connectivity index (χ4n) is 1.44. The fraction of sp³-hybridized carbons (Fsp3) is 0.714. The maximum Gasteiger partial charge on any atom is 0.326 e. The first-order chi connectivity index (χ1) is 6.06. The monoisotopic (exact) mass is 188 g/mol. The molecule has 6 nitrogen and oxygen atoms in total. The van der Waals surface area contributed by atoms with E-state index in [1.54, 1.807) is 0 Å². The van der Waals surface area contributed by atoms with E-state index in [9.17, 15) is 9.59 Å². The van der Waals surface area contributed by atoms with E-state index in [0.717, 1.165) is 4.90 Å². The van der Waals surface area contributed by atoms with Crippen molar-refractivity contribution in [1.82, 2.24) is 4.90 Å². The Balaban J connectivity index is 2.71. The molecule has 0 aromatic heterocycles. The lowest BCUT2D eigenvalue weighted by atomic mass is 10.2. The zero-order chi connectivity index (χ0) is 10.0. The molecule has 0 aromatic carbocycles.